The molecule has 242 valence electrons. The molecule has 3 heterocycles. The quantitative estimate of drug-likeness (QED) is 0.407. The Hall–Kier alpha value is -3.71. The van der Waals surface area contributed by atoms with E-state index >= 15 is 0 Å². The van der Waals surface area contributed by atoms with Crippen molar-refractivity contribution in [1.82, 2.24) is 35.7 Å². The van der Waals surface area contributed by atoms with Gasteiger partial charge in [0, 0.05) is 34.5 Å². The molecule has 5 rings (SSSR count). The van der Waals surface area contributed by atoms with E-state index in [1.165, 1.54) is 9.70 Å². The van der Waals surface area contributed by atoms with E-state index in [2.05, 4.69) is 26.0 Å². The van der Waals surface area contributed by atoms with Gasteiger partial charge in [0.2, 0.25) is 17.6 Å². The van der Waals surface area contributed by atoms with Crippen molar-refractivity contribution in [2.75, 3.05) is 6.54 Å². The number of carbonyl (C=O) groups is 4. The molecule has 1 aliphatic carbocycles. The molecule has 1 aromatic carbocycles. The third kappa shape index (κ3) is 7.58. The zero-order chi connectivity index (χ0) is 32.5. The smallest absolute Gasteiger partial charge is 0.408 e. The minimum atomic E-state index is -1.45. The van der Waals surface area contributed by atoms with Crippen molar-refractivity contribution in [3.8, 4) is 11.4 Å². The second-order valence-electron chi connectivity index (χ2n) is 12.8. The summed E-state index contributed by atoms with van der Waals surface area (Å²) in [5, 5.41) is 29.1. The van der Waals surface area contributed by atoms with Gasteiger partial charge in [0.25, 0.3) is 0 Å². The molecule has 1 saturated carbocycles. The average molecular weight is 663 g/mol. The molecule has 2 aromatic rings. The second-order valence-corrected chi connectivity index (χ2v) is 13.7. The van der Waals surface area contributed by atoms with Crippen molar-refractivity contribution < 1.29 is 29.0 Å². The summed E-state index contributed by atoms with van der Waals surface area (Å²) in [5.41, 5.74) is -1.69. The van der Waals surface area contributed by atoms with Crippen LogP contribution in [0.2, 0.25) is 10.0 Å². The van der Waals surface area contributed by atoms with E-state index in [4.69, 9.17) is 27.9 Å². The molecule has 5 atom stereocenters. The summed E-state index contributed by atoms with van der Waals surface area (Å²) < 4.78 is 5.43. The van der Waals surface area contributed by atoms with Crippen LogP contribution in [0.25, 0.3) is 11.4 Å². The fourth-order valence-electron chi connectivity index (χ4n) is 5.87. The van der Waals surface area contributed by atoms with Crippen molar-refractivity contribution in [2.45, 2.75) is 95.0 Å². The molecule has 3 N–H and O–H groups in total. The van der Waals surface area contributed by atoms with E-state index in [9.17, 15) is 24.3 Å². The number of hydrogen-bond acceptors (Lipinski definition) is 8. The van der Waals surface area contributed by atoms with Gasteiger partial charge >= 0.3 is 12.1 Å². The molecule has 1 aromatic heterocycles. The third-order valence-electron chi connectivity index (χ3n) is 8.20. The molecule has 45 heavy (non-hydrogen) atoms. The maximum atomic E-state index is 14.1. The largest absolute Gasteiger partial charge is 0.479 e. The van der Waals surface area contributed by atoms with Crippen molar-refractivity contribution in [2.24, 2.45) is 5.92 Å². The number of amides is 3. The standard InChI is InChI=1S/C30H37Cl2N7O6/c1-29(2,3)45-28(44)33-22-10-8-6-4-5-7-9-18-15-30(18,27(42)43)34-25(40)23-14-21(16-38(23)26(22)41)39-36-24(35-37-39)17-11-19(31)13-20(32)12-17/h7,9,11-13,18,21-23H,4-6,8,10,14-16H2,1-3H3,(H,33,44)(H,34,40)(H,42,43)/t18-,21-,22+,23+,30-/m1/s1. The van der Waals surface area contributed by atoms with Gasteiger partial charge in [-0.25, -0.2) is 9.59 Å². The van der Waals surface area contributed by atoms with Crippen molar-refractivity contribution in [3.05, 3.63) is 40.4 Å². The number of aliphatic carboxylic acids is 1. The second kappa shape index (κ2) is 13.0. The van der Waals surface area contributed by atoms with Gasteiger partial charge in [0.05, 0.1) is 6.04 Å². The number of benzene rings is 1. The van der Waals surface area contributed by atoms with E-state index in [1.54, 1.807) is 39.0 Å². The minimum Gasteiger partial charge on any atom is -0.479 e. The first-order valence-corrected chi connectivity index (χ1v) is 15.8. The Bertz CT molecular complexity index is 1490. The Morgan fingerprint density at radius 2 is 1.87 bits per heavy atom. The highest BCUT2D eigenvalue weighted by atomic mass is 35.5. The molecule has 2 aliphatic heterocycles. The predicted octanol–water partition coefficient (Wildman–Crippen LogP) is 4.16. The number of rotatable bonds is 4. The number of ether oxygens (including phenoxy) is 1. The van der Waals surface area contributed by atoms with Gasteiger partial charge in [-0.3, -0.25) is 9.59 Å². The van der Waals surface area contributed by atoms with Gasteiger partial charge in [0.1, 0.15) is 23.2 Å². The summed E-state index contributed by atoms with van der Waals surface area (Å²) >= 11 is 12.3. The predicted molar refractivity (Wildman–Crippen MR) is 164 cm³/mol. The summed E-state index contributed by atoms with van der Waals surface area (Å²) in [5.74, 6) is -2.31. The number of nitrogens with one attached hydrogen (secondary N) is 2. The normalized spacial score (nSPS) is 27.4. The number of tetrazole rings is 1. The van der Waals surface area contributed by atoms with Gasteiger partial charge in [-0.2, -0.15) is 4.80 Å². The first kappa shape index (κ1) is 32.7. The third-order valence-corrected chi connectivity index (χ3v) is 8.64. The molecule has 15 heteroatoms. The Balaban J connectivity index is 1.45. The van der Waals surface area contributed by atoms with Gasteiger partial charge in [-0.05, 0) is 69.9 Å². The van der Waals surface area contributed by atoms with Gasteiger partial charge in [0.15, 0.2) is 0 Å². The molecular formula is C30H37Cl2N7O6. The number of carboxylic acid groups (broad SMARTS) is 1. The topological polar surface area (TPSA) is 169 Å². The lowest BCUT2D eigenvalue weighted by molar-refractivity contribution is -0.145. The van der Waals surface area contributed by atoms with Crippen LogP contribution in [0, 0.1) is 5.92 Å². The molecular weight excluding hydrogens is 625 g/mol. The van der Waals surface area contributed by atoms with Crippen LogP contribution in [0.15, 0.2) is 30.4 Å². The fraction of sp³-hybridized carbons (Fsp3) is 0.567. The number of allylic oxidation sites excluding steroid dienone is 1. The van der Waals surface area contributed by atoms with E-state index < -0.39 is 53.1 Å². The highest BCUT2D eigenvalue weighted by Crippen LogP contribution is 2.45. The van der Waals surface area contributed by atoms with E-state index in [0.29, 0.717) is 28.5 Å². The molecule has 1 saturated heterocycles. The maximum Gasteiger partial charge on any atom is 0.408 e. The Morgan fingerprint density at radius 1 is 1.13 bits per heavy atom. The van der Waals surface area contributed by atoms with Crippen LogP contribution >= 0.6 is 23.2 Å². The molecule has 2 fully saturated rings. The number of hydrogen-bond donors (Lipinski definition) is 3. The first-order chi connectivity index (χ1) is 21.3. The minimum absolute atomic E-state index is 0.0267. The van der Waals surface area contributed by atoms with Crippen LogP contribution in [-0.4, -0.2) is 83.9 Å². The van der Waals surface area contributed by atoms with Crippen molar-refractivity contribution in [3.63, 3.8) is 0 Å². The summed E-state index contributed by atoms with van der Waals surface area (Å²) in [4.78, 5) is 55.8. The molecule has 0 unspecified atom stereocenters. The summed E-state index contributed by atoms with van der Waals surface area (Å²) in [6.07, 6.45) is 6.75. The maximum absolute atomic E-state index is 14.1. The Labute approximate surface area is 270 Å². The van der Waals surface area contributed by atoms with Gasteiger partial charge < -0.3 is 25.4 Å². The number of alkyl carbamates (subject to hydrolysis) is 1. The zero-order valence-corrected chi connectivity index (χ0v) is 26.8. The number of fused-ring (bicyclic) bond motifs is 2. The zero-order valence-electron chi connectivity index (χ0n) is 25.3. The molecule has 13 nitrogen and oxygen atoms in total. The van der Waals surface area contributed by atoms with E-state index in [-0.39, 0.29) is 31.1 Å². The fourth-order valence-corrected chi connectivity index (χ4v) is 6.40. The van der Waals surface area contributed by atoms with Crippen LogP contribution in [0.4, 0.5) is 4.79 Å². The van der Waals surface area contributed by atoms with Crippen LogP contribution in [0.5, 0.6) is 0 Å². The van der Waals surface area contributed by atoms with Crippen LogP contribution in [-0.2, 0) is 19.1 Å². The molecule has 3 aliphatic rings. The Kier molecular flexibility index (Phi) is 9.41. The van der Waals surface area contributed by atoms with Crippen molar-refractivity contribution in [1.29, 1.82) is 0 Å². The lowest BCUT2D eigenvalue weighted by Gasteiger charge is -2.30. The number of nitrogens with zero attached hydrogens (tertiary/aromatic N) is 5. The molecule has 3 amide bonds. The van der Waals surface area contributed by atoms with Crippen LogP contribution < -0.4 is 10.6 Å². The van der Waals surface area contributed by atoms with Crippen molar-refractivity contribution >= 4 is 47.1 Å². The van der Waals surface area contributed by atoms with E-state index in [0.717, 1.165) is 19.3 Å². The SMILES string of the molecule is CC(C)(C)OC(=O)N[C@H]1CCCCCC=C[C@@H]2C[C@@]2(C(=O)O)NC(=O)[C@@H]2C[C@@H](n3nnc(-c4cc(Cl)cc(Cl)c4)n3)CN2C1=O. The summed E-state index contributed by atoms with van der Waals surface area (Å²) in [6.45, 7) is 5.21. The summed E-state index contributed by atoms with van der Waals surface area (Å²) in [7, 11) is 0. The number of aromatic nitrogens is 4. The monoisotopic (exact) mass is 661 g/mol. The number of carboxylic acids is 1. The lowest BCUT2D eigenvalue weighted by Crippen LogP contribution is -2.56. The lowest BCUT2D eigenvalue weighted by atomic mass is 10.0. The van der Waals surface area contributed by atoms with Gasteiger partial charge in [-0.1, -0.05) is 48.2 Å². The highest BCUT2D eigenvalue weighted by Gasteiger charge is 2.61. The van der Waals surface area contributed by atoms with Gasteiger partial charge in [-0.15, -0.1) is 10.2 Å². The first-order valence-electron chi connectivity index (χ1n) is 15.0. The number of carbonyl (C=O) groups excluding carboxylic acids is 3. The van der Waals surface area contributed by atoms with Crippen LogP contribution in [0.1, 0.15) is 71.8 Å². The molecule has 0 spiro atoms. The average Bonchev–Trinajstić information content (AvgIpc) is 3.26. The number of halogens is 2. The summed E-state index contributed by atoms with van der Waals surface area (Å²) in [6, 6.07) is 2.27. The molecule has 0 radical (unpaired) electrons. The Morgan fingerprint density at radius 3 is 2.56 bits per heavy atom. The van der Waals surface area contributed by atoms with Crippen LogP contribution in [0.3, 0.4) is 0 Å². The molecule has 0 bridgehead atoms. The highest BCUT2D eigenvalue weighted by molar-refractivity contribution is 6.35. The van der Waals surface area contributed by atoms with E-state index in [1.807, 2.05) is 12.2 Å².